The molecule has 27 heteroatoms. The molecule has 0 radical (unpaired) electrons. The molecule has 0 spiro atoms. The van der Waals surface area contributed by atoms with Crippen molar-refractivity contribution in [2.45, 2.75) is 104 Å². The molecule has 0 aliphatic heterocycles. The van der Waals surface area contributed by atoms with Crippen LogP contribution in [-0.4, -0.2) is 184 Å². The van der Waals surface area contributed by atoms with Gasteiger partial charge in [-0.15, -0.1) is 0 Å². The molecule has 3 amide bonds. The first-order valence-corrected chi connectivity index (χ1v) is 33.2. The molecule has 0 bridgehead atoms. The van der Waals surface area contributed by atoms with Gasteiger partial charge in [-0.05, 0) is 183 Å². The Hall–Kier alpha value is -5.71. The minimum absolute atomic E-state index is 0.136. The lowest BCUT2D eigenvalue weighted by Gasteiger charge is -2.19. The molecule has 0 saturated heterocycles. The lowest BCUT2D eigenvalue weighted by molar-refractivity contribution is -0.168. The molecule has 0 aromatic heterocycles. The van der Waals surface area contributed by atoms with Crippen molar-refractivity contribution >= 4 is 103 Å². The van der Waals surface area contributed by atoms with Gasteiger partial charge in [-0.1, -0.05) is 6.92 Å². The SMILES string of the molecule is CC(=O)C(F)(F)F.CCCOCCOCCCC(=O)c1cc(NC(=O)c2ccc(I)cc2)cc(C(=O)CCCOCCOCCNC(=O)OC(C)(C)C)c1.NCCOCCOCCCC(=O)c1cc(NC(=O)c2ccc(I)cc2)cc(C(=O)CCCOCCOCCN)c1. The lowest BCUT2D eigenvalue weighted by Crippen LogP contribution is -2.34. The average molecular weight is 1550 g/mol. The Balaban J connectivity index is 0.000000586. The number of anilines is 2. The molecular weight excluding hydrogens is 1460 g/mol. The maximum absolute atomic E-state index is 13.1. The van der Waals surface area contributed by atoms with E-state index in [9.17, 15) is 51.5 Å². The van der Waals surface area contributed by atoms with Crippen LogP contribution >= 0.6 is 45.2 Å². The van der Waals surface area contributed by atoms with E-state index in [-0.39, 0.29) is 60.6 Å². The van der Waals surface area contributed by atoms with Gasteiger partial charge in [0.2, 0.25) is 5.78 Å². The van der Waals surface area contributed by atoms with E-state index < -0.39 is 23.7 Å². The number of benzene rings is 4. The summed E-state index contributed by atoms with van der Waals surface area (Å²) in [5, 5.41) is 8.28. The number of ether oxygens (including phenoxy) is 9. The third-order valence-corrected chi connectivity index (χ3v) is 13.8. The van der Waals surface area contributed by atoms with Crippen molar-refractivity contribution in [3.8, 4) is 0 Å². The standard InChI is InChI=1S/C35H49IN2O9.C29H40IN3O7.C3H3F3O/c1-5-15-43-19-20-44-16-6-8-31(39)27-23-28(25-30(24-27)38-33(41)26-10-12-29(36)13-11-26)32(40)9-7-17-45-21-22-46-18-14-37-34(42)47-35(2,3)4;30-25-7-5-22(6-8-25)29(36)33-26-20-23(27(34)3-1-11-37-15-17-39-13-9-31)19-24(21-26)28(35)4-2-12-38-16-18-40-14-10-32;1-2(7)3(4,5)6/h10-13,23-25H,5-9,14-22H2,1-4H3,(H,37,42)(H,38,41);5-8,19-21H,1-4,9-18,31-32H2,(H,33,36);1H3. The largest absolute Gasteiger partial charge is 0.449 e. The van der Waals surface area contributed by atoms with Crippen molar-refractivity contribution in [1.82, 2.24) is 5.32 Å². The zero-order valence-corrected chi connectivity index (χ0v) is 58.7. The summed E-state index contributed by atoms with van der Waals surface area (Å²) >= 11 is 4.33. The van der Waals surface area contributed by atoms with Crippen LogP contribution in [0.3, 0.4) is 0 Å². The highest BCUT2D eigenvalue weighted by Crippen LogP contribution is 2.23. The molecule has 0 aliphatic carbocycles. The van der Waals surface area contributed by atoms with Crippen molar-refractivity contribution in [2.24, 2.45) is 11.5 Å². The molecule has 94 heavy (non-hydrogen) atoms. The second-order valence-corrected chi connectivity index (χ2v) is 24.1. The Kier molecular flexibility index (Phi) is 44.7. The minimum Gasteiger partial charge on any atom is -0.444 e. The van der Waals surface area contributed by atoms with Crippen molar-refractivity contribution < 1.29 is 94.2 Å². The van der Waals surface area contributed by atoms with E-state index in [0.29, 0.717) is 203 Å². The molecule has 0 atom stereocenters. The lowest BCUT2D eigenvalue weighted by atomic mass is 9.99. The van der Waals surface area contributed by atoms with Crippen LogP contribution in [-0.2, 0) is 47.4 Å². The van der Waals surface area contributed by atoms with Gasteiger partial charge in [-0.3, -0.25) is 33.6 Å². The normalized spacial score (nSPS) is 11.1. The van der Waals surface area contributed by atoms with E-state index in [1.807, 2.05) is 31.2 Å². The van der Waals surface area contributed by atoms with E-state index >= 15 is 0 Å². The van der Waals surface area contributed by atoms with Crippen LogP contribution < -0.4 is 27.4 Å². The predicted octanol–water partition coefficient (Wildman–Crippen LogP) is 11.1. The van der Waals surface area contributed by atoms with Crippen molar-refractivity contribution in [3.05, 3.63) is 125 Å². The molecule has 4 rings (SSSR count). The Bertz CT molecular complexity index is 2850. The minimum atomic E-state index is -4.64. The summed E-state index contributed by atoms with van der Waals surface area (Å²) in [7, 11) is 0. The van der Waals surface area contributed by atoms with Gasteiger partial charge in [0.15, 0.2) is 23.1 Å². The summed E-state index contributed by atoms with van der Waals surface area (Å²) in [6.07, 6.45) is -1.22. The second kappa shape index (κ2) is 49.8. The highest BCUT2D eigenvalue weighted by molar-refractivity contribution is 14.1. The first-order chi connectivity index (χ1) is 44.9. The number of alkyl carbamates (subject to hydrolysis) is 1. The zero-order chi connectivity index (χ0) is 69.6. The fourth-order valence-corrected chi connectivity index (χ4v) is 8.43. The number of Topliss-reactive ketones (excluding diaryl/α,β-unsaturated/α-hetero) is 5. The summed E-state index contributed by atoms with van der Waals surface area (Å²) in [6, 6.07) is 23.8. The first kappa shape index (κ1) is 84.4. The van der Waals surface area contributed by atoms with Crippen LogP contribution in [0, 0.1) is 7.14 Å². The van der Waals surface area contributed by atoms with Gasteiger partial charge in [-0.2, -0.15) is 13.2 Å². The monoisotopic (exact) mass is 1550 g/mol. The highest BCUT2D eigenvalue weighted by Gasteiger charge is 2.33. The van der Waals surface area contributed by atoms with Crippen LogP contribution in [0.25, 0.3) is 0 Å². The van der Waals surface area contributed by atoms with Gasteiger partial charge in [-0.25, -0.2) is 4.79 Å². The fourth-order valence-electron chi connectivity index (χ4n) is 7.71. The third-order valence-electron chi connectivity index (χ3n) is 12.3. The molecule has 0 aliphatic rings. The number of ketones is 5. The quantitative estimate of drug-likeness (QED) is 0.0156. The molecule has 0 unspecified atom stereocenters. The van der Waals surface area contributed by atoms with E-state index in [2.05, 4.69) is 61.1 Å². The molecule has 0 saturated carbocycles. The van der Waals surface area contributed by atoms with Crippen molar-refractivity contribution in [3.63, 3.8) is 0 Å². The third kappa shape index (κ3) is 40.6. The number of hydrogen-bond acceptors (Lipinski definition) is 19. The van der Waals surface area contributed by atoms with E-state index in [4.69, 9.17) is 54.1 Å². The number of nitrogens with one attached hydrogen (secondary N) is 3. The number of carbonyl (C=O) groups excluding carboxylic acids is 8. The molecule has 7 N–H and O–H groups in total. The number of amides is 3. The van der Waals surface area contributed by atoms with Gasteiger partial charge >= 0.3 is 12.3 Å². The number of carbonyl (C=O) groups is 8. The number of alkyl halides is 3. The van der Waals surface area contributed by atoms with Crippen molar-refractivity contribution in [2.75, 3.05) is 136 Å². The van der Waals surface area contributed by atoms with Crippen LogP contribution in [0.1, 0.15) is 155 Å². The molecule has 22 nitrogen and oxygen atoms in total. The predicted molar refractivity (Wildman–Crippen MR) is 367 cm³/mol. The Morgan fingerprint density at radius 1 is 0.426 bits per heavy atom. The molecule has 0 fully saturated rings. The van der Waals surface area contributed by atoms with Crippen LogP contribution in [0.5, 0.6) is 0 Å². The Labute approximate surface area is 576 Å². The Morgan fingerprint density at radius 3 is 0.989 bits per heavy atom. The molecule has 522 valence electrons. The van der Waals surface area contributed by atoms with E-state index in [1.165, 1.54) is 0 Å². The van der Waals surface area contributed by atoms with E-state index in [0.717, 1.165) is 13.6 Å². The molecule has 0 heterocycles. The second-order valence-electron chi connectivity index (χ2n) is 21.6. The maximum Gasteiger partial charge on any atom is 0.449 e. The van der Waals surface area contributed by atoms with Crippen LogP contribution in [0.4, 0.5) is 29.3 Å². The molecule has 4 aromatic carbocycles. The number of nitrogens with two attached hydrogens (primary N) is 2. The summed E-state index contributed by atoms with van der Waals surface area (Å²) in [5.41, 5.74) is 13.3. The molecular formula is C67H92F3I2N5O17. The van der Waals surface area contributed by atoms with Crippen molar-refractivity contribution in [1.29, 1.82) is 0 Å². The van der Waals surface area contributed by atoms with Crippen LogP contribution in [0.15, 0.2) is 84.9 Å². The number of hydrogen-bond donors (Lipinski definition) is 5. The summed E-state index contributed by atoms with van der Waals surface area (Å²) in [6.45, 7) is 16.1. The topological polar surface area (TPSA) is 308 Å². The van der Waals surface area contributed by atoms with Gasteiger partial charge in [0, 0.05) is 137 Å². The van der Waals surface area contributed by atoms with Gasteiger partial charge in [0.05, 0.1) is 72.7 Å². The highest BCUT2D eigenvalue weighted by atomic mass is 127. The first-order valence-electron chi connectivity index (χ1n) is 31.0. The maximum atomic E-state index is 13.1. The van der Waals surface area contributed by atoms with Gasteiger partial charge in [0.25, 0.3) is 11.8 Å². The van der Waals surface area contributed by atoms with E-state index in [1.54, 1.807) is 81.4 Å². The van der Waals surface area contributed by atoms with Gasteiger partial charge < -0.3 is 70.0 Å². The molecule has 4 aromatic rings. The zero-order valence-electron chi connectivity index (χ0n) is 54.4. The van der Waals surface area contributed by atoms with Gasteiger partial charge in [0.1, 0.15) is 5.60 Å². The average Bonchev–Trinajstić information content (AvgIpc) is 0.976. The summed E-state index contributed by atoms with van der Waals surface area (Å²) in [5.74, 6) is -2.99. The summed E-state index contributed by atoms with van der Waals surface area (Å²) in [4.78, 5) is 98.9. The smallest absolute Gasteiger partial charge is 0.444 e. The summed E-state index contributed by atoms with van der Waals surface area (Å²) < 4.78 is 83.1. The fraction of sp³-hybridized carbons (Fsp3) is 0.522. The van der Waals surface area contributed by atoms with Crippen LogP contribution in [0.2, 0.25) is 0 Å². The number of rotatable bonds is 45. The Morgan fingerprint density at radius 2 is 0.713 bits per heavy atom. The number of halogens is 5.